The van der Waals surface area contributed by atoms with Crippen LogP contribution in [-0.2, 0) is 17.5 Å². The van der Waals surface area contributed by atoms with Crippen molar-refractivity contribution in [2.45, 2.75) is 31.2 Å². The van der Waals surface area contributed by atoms with Crippen LogP contribution in [-0.4, -0.2) is 19.2 Å². The van der Waals surface area contributed by atoms with E-state index >= 15 is 0 Å². The van der Waals surface area contributed by atoms with Crippen LogP contribution in [0.2, 0.25) is 0 Å². The van der Waals surface area contributed by atoms with E-state index in [1.54, 1.807) is 6.07 Å². The van der Waals surface area contributed by atoms with E-state index in [1.807, 2.05) is 18.2 Å². The van der Waals surface area contributed by atoms with Crippen LogP contribution in [0.4, 0.5) is 13.2 Å². The Morgan fingerprint density at radius 2 is 1.75 bits per heavy atom. The summed E-state index contributed by atoms with van der Waals surface area (Å²) in [5.41, 5.74) is 1.16. The van der Waals surface area contributed by atoms with Gasteiger partial charge in [0.2, 0.25) is 0 Å². The fourth-order valence-corrected chi connectivity index (χ4v) is 3.86. The first kappa shape index (κ1) is 19.0. The minimum absolute atomic E-state index is 0.0518. The lowest BCUT2D eigenvalue weighted by Gasteiger charge is -2.33. The Morgan fingerprint density at radius 3 is 2.57 bits per heavy atom. The molecule has 28 heavy (non-hydrogen) atoms. The summed E-state index contributed by atoms with van der Waals surface area (Å²) >= 11 is 0. The first-order valence-electron chi connectivity index (χ1n) is 9.48. The maximum Gasteiger partial charge on any atom is 0.416 e. The summed E-state index contributed by atoms with van der Waals surface area (Å²) in [5, 5.41) is 5.62. The maximum atomic E-state index is 13.1. The number of halogens is 3. The molecule has 1 aliphatic rings. The molecule has 0 aromatic heterocycles. The highest BCUT2D eigenvalue weighted by atomic mass is 19.4. The predicted octanol–water partition coefficient (Wildman–Crippen LogP) is 5.52. The highest BCUT2D eigenvalue weighted by Gasteiger charge is 2.33. The smallest absolute Gasteiger partial charge is 0.372 e. The molecule has 1 heterocycles. The van der Waals surface area contributed by atoms with Crippen LogP contribution in [0.25, 0.3) is 10.8 Å². The van der Waals surface area contributed by atoms with Crippen LogP contribution >= 0.6 is 0 Å². The van der Waals surface area contributed by atoms with Gasteiger partial charge in [0.25, 0.3) is 0 Å². The Morgan fingerprint density at radius 1 is 0.929 bits per heavy atom. The van der Waals surface area contributed by atoms with Gasteiger partial charge in [0.05, 0.1) is 18.3 Å². The normalized spacial score (nSPS) is 20.4. The molecule has 2 atom stereocenters. The van der Waals surface area contributed by atoms with Crippen LogP contribution in [0.3, 0.4) is 0 Å². The minimum atomic E-state index is -4.33. The Hall–Kier alpha value is -2.37. The molecule has 0 amide bonds. The zero-order valence-electron chi connectivity index (χ0n) is 15.4. The number of benzene rings is 3. The lowest BCUT2D eigenvalue weighted by Crippen LogP contribution is -2.41. The standard InChI is InChI=1S/C23H22F3NO/c24-23(25,26)20-7-3-6-19(13-20)21-10-11-27-14-22(21)28-15-16-8-9-17-4-1-2-5-18(17)12-16/h1-9,12-13,21-22,27H,10-11,14-15H2. The Bertz CT molecular complexity index is 954. The van der Waals surface area contributed by atoms with Crippen molar-refractivity contribution in [3.63, 3.8) is 0 Å². The third-order valence-corrected chi connectivity index (χ3v) is 5.35. The Kier molecular flexibility index (Phi) is 5.38. The van der Waals surface area contributed by atoms with E-state index in [9.17, 15) is 13.2 Å². The van der Waals surface area contributed by atoms with E-state index in [2.05, 4.69) is 29.6 Å². The summed E-state index contributed by atoms with van der Waals surface area (Å²) in [7, 11) is 0. The molecule has 0 bridgehead atoms. The predicted molar refractivity (Wildman–Crippen MR) is 104 cm³/mol. The monoisotopic (exact) mass is 385 g/mol. The van der Waals surface area contributed by atoms with Crippen molar-refractivity contribution in [3.05, 3.63) is 83.4 Å². The van der Waals surface area contributed by atoms with E-state index in [0.29, 0.717) is 18.7 Å². The van der Waals surface area contributed by atoms with Crippen molar-refractivity contribution >= 4 is 10.8 Å². The molecule has 3 aromatic carbocycles. The van der Waals surface area contributed by atoms with Gasteiger partial charge in [0, 0.05) is 12.5 Å². The summed E-state index contributed by atoms with van der Waals surface area (Å²) < 4.78 is 45.4. The number of hydrogen-bond donors (Lipinski definition) is 1. The lowest BCUT2D eigenvalue weighted by atomic mass is 9.87. The molecule has 4 rings (SSSR count). The highest BCUT2D eigenvalue weighted by Crippen LogP contribution is 2.34. The molecule has 2 unspecified atom stereocenters. The summed E-state index contributed by atoms with van der Waals surface area (Å²) in [6, 6.07) is 20.0. The molecular weight excluding hydrogens is 363 g/mol. The van der Waals surface area contributed by atoms with Gasteiger partial charge in [-0.3, -0.25) is 0 Å². The second-order valence-electron chi connectivity index (χ2n) is 7.25. The minimum Gasteiger partial charge on any atom is -0.372 e. The fourth-order valence-electron chi connectivity index (χ4n) is 3.86. The van der Waals surface area contributed by atoms with E-state index in [-0.39, 0.29) is 12.0 Å². The molecule has 0 saturated carbocycles. The number of piperidine rings is 1. The third kappa shape index (κ3) is 4.21. The molecule has 5 heteroatoms. The molecule has 0 spiro atoms. The Labute approximate surface area is 162 Å². The topological polar surface area (TPSA) is 21.3 Å². The van der Waals surface area contributed by atoms with Crippen molar-refractivity contribution in [1.82, 2.24) is 5.32 Å². The van der Waals surface area contributed by atoms with Gasteiger partial charge in [0.15, 0.2) is 0 Å². The van der Waals surface area contributed by atoms with Gasteiger partial charge in [-0.2, -0.15) is 13.2 Å². The van der Waals surface area contributed by atoms with Gasteiger partial charge in [-0.15, -0.1) is 0 Å². The number of ether oxygens (including phenoxy) is 1. The van der Waals surface area contributed by atoms with E-state index in [1.165, 1.54) is 17.5 Å². The SMILES string of the molecule is FC(F)(F)c1cccc(C2CCNCC2OCc2ccc3ccccc3c2)c1. The highest BCUT2D eigenvalue weighted by molar-refractivity contribution is 5.82. The quantitative estimate of drug-likeness (QED) is 0.638. The molecule has 0 radical (unpaired) electrons. The van der Waals surface area contributed by atoms with E-state index in [0.717, 1.165) is 30.0 Å². The molecule has 0 aliphatic carbocycles. The molecule has 1 saturated heterocycles. The van der Waals surface area contributed by atoms with Crippen molar-refractivity contribution in [1.29, 1.82) is 0 Å². The number of rotatable bonds is 4. The molecule has 1 aliphatic heterocycles. The molecular formula is C23H22F3NO. The van der Waals surface area contributed by atoms with Gasteiger partial charge in [-0.05, 0) is 47.0 Å². The zero-order valence-corrected chi connectivity index (χ0v) is 15.4. The van der Waals surface area contributed by atoms with Crippen molar-refractivity contribution in [2.24, 2.45) is 0 Å². The van der Waals surface area contributed by atoms with Crippen LogP contribution in [0, 0.1) is 0 Å². The molecule has 2 nitrogen and oxygen atoms in total. The second-order valence-corrected chi connectivity index (χ2v) is 7.25. The van der Waals surface area contributed by atoms with Crippen LogP contribution < -0.4 is 5.32 Å². The molecule has 146 valence electrons. The molecule has 3 aromatic rings. The third-order valence-electron chi connectivity index (χ3n) is 5.35. The van der Waals surface area contributed by atoms with Crippen molar-refractivity contribution in [2.75, 3.05) is 13.1 Å². The van der Waals surface area contributed by atoms with Crippen molar-refractivity contribution in [3.8, 4) is 0 Å². The van der Waals surface area contributed by atoms with Crippen LogP contribution in [0.1, 0.15) is 29.0 Å². The molecule has 1 N–H and O–H groups in total. The Balaban J connectivity index is 1.51. The van der Waals surface area contributed by atoms with E-state index in [4.69, 9.17) is 4.74 Å². The zero-order chi connectivity index (χ0) is 19.6. The number of nitrogens with one attached hydrogen (secondary N) is 1. The number of alkyl halides is 3. The number of fused-ring (bicyclic) bond motifs is 1. The molecule has 1 fully saturated rings. The summed E-state index contributed by atoms with van der Waals surface area (Å²) in [5.74, 6) is -0.0518. The van der Waals surface area contributed by atoms with E-state index < -0.39 is 11.7 Å². The van der Waals surface area contributed by atoms with Gasteiger partial charge in [0.1, 0.15) is 0 Å². The average molecular weight is 385 g/mol. The average Bonchev–Trinajstić information content (AvgIpc) is 2.72. The fraction of sp³-hybridized carbons (Fsp3) is 0.304. The van der Waals surface area contributed by atoms with Gasteiger partial charge < -0.3 is 10.1 Å². The second kappa shape index (κ2) is 7.94. The summed E-state index contributed by atoms with van der Waals surface area (Å²) in [6.07, 6.45) is -3.74. The maximum absolute atomic E-state index is 13.1. The first-order chi connectivity index (χ1) is 13.5. The lowest BCUT2D eigenvalue weighted by molar-refractivity contribution is -0.137. The van der Waals surface area contributed by atoms with Crippen LogP contribution in [0.5, 0.6) is 0 Å². The summed E-state index contributed by atoms with van der Waals surface area (Å²) in [4.78, 5) is 0. The van der Waals surface area contributed by atoms with Crippen LogP contribution in [0.15, 0.2) is 66.7 Å². The van der Waals surface area contributed by atoms with Gasteiger partial charge >= 0.3 is 6.18 Å². The summed E-state index contributed by atoms with van der Waals surface area (Å²) in [6.45, 7) is 1.85. The first-order valence-corrected chi connectivity index (χ1v) is 9.48. The largest absolute Gasteiger partial charge is 0.416 e. The van der Waals surface area contributed by atoms with Gasteiger partial charge in [-0.25, -0.2) is 0 Å². The van der Waals surface area contributed by atoms with Gasteiger partial charge in [-0.1, -0.05) is 54.6 Å². The van der Waals surface area contributed by atoms with Crippen molar-refractivity contribution < 1.29 is 17.9 Å². The number of hydrogen-bond acceptors (Lipinski definition) is 2.